The molecule has 2 N–H and O–H groups in total. The second-order valence-corrected chi connectivity index (χ2v) is 10.2. The third-order valence-corrected chi connectivity index (χ3v) is 7.17. The molecule has 5 rings (SSSR count). The average Bonchev–Trinajstić information content (AvgIpc) is 2.96. The first kappa shape index (κ1) is 26.1. The SMILES string of the molecule is Cc1ccc(Sc2ccc(/C=N\Nc3nc(Nc4ccccc4)nc(N4CCCCC4)n3)cc2[N+](=O)[O-])cc1. The fourth-order valence-electron chi connectivity index (χ4n) is 4.10. The largest absolute Gasteiger partial charge is 0.341 e. The van der Waals surface area contributed by atoms with Gasteiger partial charge in [-0.25, -0.2) is 5.43 Å². The summed E-state index contributed by atoms with van der Waals surface area (Å²) in [7, 11) is 0. The summed E-state index contributed by atoms with van der Waals surface area (Å²) in [5, 5.41) is 19.3. The summed E-state index contributed by atoms with van der Waals surface area (Å²) >= 11 is 1.36. The molecule has 0 bridgehead atoms. The summed E-state index contributed by atoms with van der Waals surface area (Å²) in [5.74, 6) is 1.26. The molecule has 1 fully saturated rings. The van der Waals surface area contributed by atoms with Crippen LogP contribution in [0.5, 0.6) is 0 Å². The van der Waals surface area contributed by atoms with Gasteiger partial charge in [-0.1, -0.05) is 53.7 Å². The van der Waals surface area contributed by atoms with Crippen LogP contribution in [-0.4, -0.2) is 39.2 Å². The quantitative estimate of drug-likeness (QED) is 0.141. The minimum Gasteiger partial charge on any atom is -0.341 e. The molecule has 11 heteroatoms. The molecule has 39 heavy (non-hydrogen) atoms. The van der Waals surface area contributed by atoms with Gasteiger partial charge in [-0.15, -0.1) is 0 Å². The van der Waals surface area contributed by atoms with E-state index in [9.17, 15) is 10.1 Å². The number of nitrogens with zero attached hydrogens (tertiary/aromatic N) is 6. The first-order chi connectivity index (χ1) is 19.0. The normalized spacial score (nSPS) is 13.4. The summed E-state index contributed by atoms with van der Waals surface area (Å²) in [4.78, 5) is 28.7. The predicted molar refractivity (Wildman–Crippen MR) is 155 cm³/mol. The summed E-state index contributed by atoms with van der Waals surface area (Å²) in [6.07, 6.45) is 4.89. The lowest BCUT2D eigenvalue weighted by atomic mass is 10.1. The van der Waals surface area contributed by atoms with E-state index in [1.807, 2.05) is 61.5 Å². The van der Waals surface area contributed by atoms with Crippen molar-refractivity contribution in [3.63, 3.8) is 0 Å². The number of nitro benzene ring substituents is 1. The molecule has 0 radical (unpaired) electrons. The van der Waals surface area contributed by atoms with Crippen molar-refractivity contribution in [2.24, 2.45) is 5.10 Å². The molecule has 2 heterocycles. The van der Waals surface area contributed by atoms with Gasteiger partial charge in [0.05, 0.1) is 16.0 Å². The molecular formula is C28H28N8O2S. The zero-order chi connectivity index (χ0) is 27.0. The third kappa shape index (κ3) is 7.08. The zero-order valence-electron chi connectivity index (χ0n) is 21.4. The van der Waals surface area contributed by atoms with Crippen molar-refractivity contribution >= 4 is 47.2 Å². The highest BCUT2D eigenvalue weighted by atomic mass is 32.2. The van der Waals surface area contributed by atoms with Crippen LogP contribution in [0.4, 0.5) is 29.2 Å². The number of piperidine rings is 1. The van der Waals surface area contributed by atoms with Crippen molar-refractivity contribution in [2.45, 2.75) is 36.0 Å². The van der Waals surface area contributed by atoms with Gasteiger partial charge < -0.3 is 10.2 Å². The Labute approximate surface area is 230 Å². The van der Waals surface area contributed by atoms with Crippen LogP contribution in [0.3, 0.4) is 0 Å². The van der Waals surface area contributed by atoms with Crippen molar-refractivity contribution in [1.29, 1.82) is 0 Å². The van der Waals surface area contributed by atoms with Gasteiger partial charge in [0.15, 0.2) is 0 Å². The number of anilines is 4. The molecule has 0 amide bonds. The summed E-state index contributed by atoms with van der Waals surface area (Å²) in [6.45, 7) is 3.77. The van der Waals surface area contributed by atoms with Gasteiger partial charge >= 0.3 is 0 Å². The maximum atomic E-state index is 11.8. The van der Waals surface area contributed by atoms with Gasteiger partial charge in [-0.3, -0.25) is 10.1 Å². The number of nitrogens with one attached hydrogen (secondary N) is 2. The minimum absolute atomic E-state index is 0.0198. The lowest BCUT2D eigenvalue weighted by Gasteiger charge is -2.26. The Bertz CT molecular complexity index is 1460. The van der Waals surface area contributed by atoms with Crippen LogP contribution in [0.15, 0.2) is 87.7 Å². The summed E-state index contributed by atoms with van der Waals surface area (Å²) in [5.41, 5.74) is 5.47. The Hall–Kier alpha value is -4.51. The Kier molecular flexibility index (Phi) is 8.27. The van der Waals surface area contributed by atoms with Crippen LogP contribution < -0.4 is 15.6 Å². The number of hydrogen-bond donors (Lipinski definition) is 2. The molecule has 0 aliphatic carbocycles. The second kappa shape index (κ2) is 12.4. The molecule has 10 nitrogen and oxygen atoms in total. The molecule has 4 aromatic rings. The molecule has 1 saturated heterocycles. The van der Waals surface area contributed by atoms with E-state index < -0.39 is 0 Å². The molecule has 0 unspecified atom stereocenters. The maximum absolute atomic E-state index is 11.8. The Morgan fingerprint density at radius 3 is 2.44 bits per heavy atom. The first-order valence-electron chi connectivity index (χ1n) is 12.7. The van der Waals surface area contributed by atoms with Gasteiger partial charge in [-0.2, -0.15) is 20.1 Å². The van der Waals surface area contributed by atoms with Crippen molar-refractivity contribution in [3.05, 3.63) is 94.0 Å². The van der Waals surface area contributed by atoms with Crippen LogP contribution in [0.2, 0.25) is 0 Å². The number of hydrazone groups is 1. The smallest absolute Gasteiger partial charge is 0.283 e. The van der Waals surface area contributed by atoms with Gasteiger partial charge in [0, 0.05) is 35.3 Å². The molecule has 3 aromatic carbocycles. The molecule has 0 atom stereocenters. The van der Waals surface area contributed by atoms with Gasteiger partial charge in [0.2, 0.25) is 17.8 Å². The fraction of sp³-hybridized carbons (Fsp3) is 0.214. The molecule has 198 valence electrons. The molecule has 1 aliphatic heterocycles. The van der Waals surface area contributed by atoms with Crippen LogP contribution >= 0.6 is 11.8 Å². The van der Waals surface area contributed by atoms with Gasteiger partial charge in [0.1, 0.15) is 0 Å². The average molecular weight is 541 g/mol. The highest BCUT2D eigenvalue weighted by molar-refractivity contribution is 7.99. The minimum atomic E-state index is -0.375. The van der Waals surface area contributed by atoms with E-state index in [1.54, 1.807) is 12.1 Å². The monoisotopic (exact) mass is 540 g/mol. The second-order valence-electron chi connectivity index (χ2n) is 9.09. The molecule has 0 spiro atoms. The number of hydrogen-bond acceptors (Lipinski definition) is 10. The molecular weight excluding hydrogens is 512 g/mol. The maximum Gasteiger partial charge on any atom is 0.283 e. The van der Waals surface area contributed by atoms with E-state index in [1.165, 1.54) is 30.5 Å². The Morgan fingerprint density at radius 1 is 0.949 bits per heavy atom. The fourth-order valence-corrected chi connectivity index (χ4v) is 5.00. The highest BCUT2D eigenvalue weighted by Gasteiger charge is 2.17. The Balaban J connectivity index is 1.34. The van der Waals surface area contributed by atoms with E-state index in [-0.39, 0.29) is 16.6 Å². The van der Waals surface area contributed by atoms with E-state index in [4.69, 9.17) is 0 Å². The first-order valence-corrected chi connectivity index (χ1v) is 13.5. The number of nitro groups is 1. The van der Waals surface area contributed by atoms with E-state index in [0.29, 0.717) is 22.4 Å². The summed E-state index contributed by atoms with van der Waals surface area (Å²) < 4.78 is 0. The van der Waals surface area contributed by atoms with Crippen molar-refractivity contribution in [2.75, 3.05) is 28.7 Å². The predicted octanol–water partition coefficient (Wildman–Crippen LogP) is 6.42. The number of aromatic nitrogens is 3. The molecule has 1 aromatic heterocycles. The molecule has 1 aliphatic rings. The Morgan fingerprint density at radius 2 is 1.69 bits per heavy atom. The van der Waals surface area contributed by atoms with Gasteiger partial charge in [0.25, 0.3) is 5.69 Å². The van der Waals surface area contributed by atoms with Crippen LogP contribution in [0.1, 0.15) is 30.4 Å². The zero-order valence-corrected chi connectivity index (χ0v) is 22.3. The summed E-state index contributed by atoms with van der Waals surface area (Å²) in [6, 6.07) is 22.6. The highest BCUT2D eigenvalue weighted by Crippen LogP contribution is 2.35. The van der Waals surface area contributed by atoms with Crippen LogP contribution in [0, 0.1) is 17.0 Å². The van der Waals surface area contributed by atoms with Crippen LogP contribution in [0.25, 0.3) is 0 Å². The lowest BCUT2D eigenvalue weighted by molar-refractivity contribution is -0.387. The van der Waals surface area contributed by atoms with E-state index in [0.717, 1.165) is 42.1 Å². The number of rotatable bonds is 9. The standard InChI is InChI=1S/C28H28N8O2S/c1-20-10-13-23(14-11-20)39-25-15-12-21(18-24(25)36(37)38)19-29-34-27-31-26(30-22-8-4-2-5-9-22)32-28(33-27)35-16-6-3-7-17-35/h2,4-5,8-15,18-19H,3,6-7,16-17H2,1H3,(H2,30,31,32,33,34)/b29-19-. The van der Waals surface area contributed by atoms with E-state index >= 15 is 0 Å². The topological polar surface area (TPSA) is 121 Å². The molecule has 0 saturated carbocycles. The van der Waals surface area contributed by atoms with Crippen molar-refractivity contribution in [1.82, 2.24) is 15.0 Å². The van der Waals surface area contributed by atoms with E-state index in [2.05, 4.69) is 35.7 Å². The third-order valence-electron chi connectivity index (χ3n) is 6.10. The van der Waals surface area contributed by atoms with Gasteiger partial charge in [-0.05, 0) is 56.5 Å². The van der Waals surface area contributed by atoms with Crippen molar-refractivity contribution in [3.8, 4) is 0 Å². The van der Waals surface area contributed by atoms with Crippen LogP contribution in [-0.2, 0) is 0 Å². The lowest BCUT2D eigenvalue weighted by Crippen LogP contribution is -2.31. The van der Waals surface area contributed by atoms with Crippen molar-refractivity contribution < 1.29 is 4.92 Å². The number of para-hydroxylation sites is 1. The number of aryl methyl sites for hydroxylation is 1. The number of benzene rings is 3.